The molecule has 0 aliphatic heterocycles. The Morgan fingerprint density at radius 1 is 0.943 bits per heavy atom. The van der Waals surface area contributed by atoms with Crippen LogP contribution >= 0.6 is 11.6 Å². The number of alkyl halides is 6. The number of aromatic nitrogens is 6. The van der Waals surface area contributed by atoms with Crippen LogP contribution in [0.15, 0.2) is 36.7 Å². The summed E-state index contributed by atoms with van der Waals surface area (Å²) in [6.07, 6.45) is -7.04. The molecule has 0 bridgehead atoms. The van der Waals surface area contributed by atoms with Crippen LogP contribution in [0, 0.1) is 0 Å². The van der Waals surface area contributed by atoms with Crippen molar-refractivity contribution in [2.24, 2.45) is 7.05 Å². The van der Waals surface area contributed by atoms with Crippen molar-refractivity contribution in [1.82, 2.24) is 29.3 Å². The monoisotopic (exact) mass is 517 g/mol. The van der Waals surface area contributed by atoms with Gasteiger partial charge in [0.2, 0.25) is 5.28 Å². The Morgan fingerprint density at radius 3 is 2.17 bits per heavy atom. The minimum atomic E-state index is -4.75. The third-order valence-corrected chi connectivity index (χ3v) is 5.31. The van der Waals surface area contributed by atoms with Gasteiger partial charge >= 0.3 is 12.4 Å². The smallest absolute Gasteiger partial charge is 0.353 e. The number of nitrogens with one attached hydrogen (secondary N) is 1. The summed E-state index contributed by atoms with van der Waals surface area (Å²) >= 11 is 5.87. The average molecular weight is 518 g/mol. The van der Waals surface area contributed by atoms with Gasteiger partial charge in [0.15, 0.2) is 17.0 Å². The maximum Gasteiger partial charge on any atom is 0.434 e. The van der Waals surface area contributed by atoms with Crippen LogP contribution < -0.4 is 5.32 Å². The van der Waals surface area contributed by atoms with Gasteiger partial charge in [-0.2, -0.15) is 36.4 Å². The van der Waals surface area contributed by atoms with E-state index in [2.05, 4.69) is 25.4 Å². The molecule has 186 valence electrons. The van der Waals surface area contributed by atoms with Gasteiger partial charge in [0.25, 0.3) is 0 Å². The molecule has 3 aromatic heterocycles. The molecule has 0 saturated carbocycles. The molecule has 1 aromatic carbocycles. The number of nitrogens with zero attached hydrogens (tertiary/aromatic N) is 6. The van der Waals surface area contributed by atoms with Gasteiger partial charge in [0.05, 0.1) is 6.20 Å². The first kappa shape index (κ1) is 24.8. The van der Waals surface area contributed by atoms with Crippen LogP contribution in [0.3, 0.4) is 0 Å². The van der Waals surface area contributed by atoms with Crippen molar-refractivity contribution in [2.75, 3.05) is 5.32 Å². The molecular formula is C21H18ClF6N7. The summed E-state index contributed by atoms with van der Waals surface area (Å²) in [6.45, 7) is 3.35. The van der Waals surface area contributed by atoms with Crippen LogP contribution in [0.2, 0.25) is 5.28 Å². The molecule has 35 heavy (non-hydrogen) atoms. The summed E-state index contributed by atoms with van der Waals surface area (Å²) in [5, 5.41) is 6.17. The summed E-state index contributed by atoms with van der Waals surface area (Å²) in [5.41, 5.74) is -0.691. The van der Waals surface area contributed by atoms with E-state index < -0.39 is 24.1 Å². The number of halogens is 7. The zero-order chi connectivity index (χ0) is 25.7. The van der Waals surface area contributed by atoms with Gasteiger partial charge in [-0.3, -0.25) is 4.68 Å². The van der Waals surface area contributed by atoms with Crippen molar-refractivity contribution >= 4 is 28.5 Å². The van der Waals surface area contributed by atoms with Gasteiger partial charge in [-0.15, -0.1) is 0 Å². The molecule has 4 aromatic rings. The fourth-order valence-corrected chi connectivity index (χ4v) is 3.73. The first-order valence-electron chi connectivity index (χ1n) is 10.2. The molecule has 1 N–H and O–H groups in total. The van der Waals surface area contributed by atoms with Crippen molar-refractivity contribution in [3.8, 4) is 11.4 Å². The Morgan fingerprint density at radius 2 is 1.60 bits per heavy atom. The van der Waals surface area contributed by atoms with E-state index in [9.17, 15) is 26.3 Å². The highest BCUT2D eigenvalue weighted by Crippen LogP contribution is 2.38. The second kappa shape index (κ2) is 8.70. The van der Waals surface area contributed by atoms with Crippen LogP contribution in [-0.2, 0) is 13.2 Å². The lowest BCUT2D eigenvalue weighted by Crippen LogP contribution is -2.28. The van der Waals surface area contributed by atoms with Crippen molar-refractivity contribution < 1.29 is 26.3 Å². The molecular weight excluding hydrogens is 500 g/mol. The van der Waals surface area contributed by atoms with E-state index in [0.717, 1.165) is 6.20 Å². The van der Waals surface area contributed by atoms with Gasteiger partial charge in [0, 0.05) is 24.8 Å². The minimum Gasteiger partial charge on any atom is -0.353 e. The summed E-state index contributed by atoms with van der Waals surface area (Å²) in [7, 11) is 1.57. The summed E-state index contributed by atoms with van der Waals surface area (Å²) < 4.78 is 84.3. The predicted octanol–water partition coefficient (Wildman–Crippen LogP) is 6.20. The number of aryl methyl sites for hydroxylation is 1. The maximum absolute atomic E-state index is 14.0. The Balaban J connectivity index is 1.72. The van der Waals surface area contributed by atoms with Crippen LogP contribution in [-0.4, -0.2) is 35.5 Å². The highest BCUT2D eigenvalue weighted by molar-refractivity contribution is 6.28. The topological polar surface area (TPSA) is 73.5 Å². The molecule has 0 radical (unpaired) electrons. The molecule has 0 aliphatic carbocycles. The lowest BCUT2D eigenvalue weighted by Gasteiger charge is -2.23. The van der Waals surface area contributed by atoms with E-state index in [0.29, 0.717) is 0 Å². The molecule has 4 rings (SSSR count). The number of imidazole rings is 1. The quantitative estimate of drug-likeness (QED) is 0.252. The van der Waals surface area contributed by atoms with Gasteiger partial charge in [-0.25, -0.2) is 9.97 Å². The summed E-state index contributed by atoms with van der Waals surface area (Å²) in [4.78, 5) is 11.5. The molecule has 14 heteroatoms. The normalized spacial score (nSPS) is 13.6. The van der Waals surface area contributed by atoms with Crippen molar-refractivity contribution in [3.63, 3.8) is 0 Å². The molecule has 1 atom stereocenters. The first-order valence-corrected chi connectivity index (χ1v) is 10.6. The molecule has 3 heterocycles. The summed E-state index contributed by atoms with van der Waals surface area (Å²) in [6, 6.07) is 2.36. The highest BCUT2D eigenvalue weighted by Gasteiger charge is 2.42. The second-order valence-corrected chi connectivity index (χ2v) is 8.41. The van der Waals surface area contributed by atoms with Crippen LogP contribution in [0.1, 0.15) is 37.2 Å². The fraction of sp³-hybridized carbons (Fsp3) is 0.333. The number of hydrogen-bond donors (Lipinski definition) is 1. The number of fused-ring (bicyclic) bond motifs is 1. The number of anilines is 1. The lowest BCUT2D eigenvalue weighted by molar-refractivity contribution is -0.144. The van der Waals surface area contributed by atoms with Crippen molar-refractivity contribution in [2.45, 2.75) is 38.3 Å². The second-order valence-electron chi connectivity index (χ2n) is 8.07. The van der Waals surface area contributed by atoms with Crippen molar-refractivity contribution in [3.05, 3.63) is 53.2 Å². The van der Waals surface area contributed by atoms with Crippen molar-refractivity contribution in [1.29, 1.82) is 0 Å². The van der Waals surface area contributed by atoms with E-state index in [1.54, 1.807) is 20.9 Å². The van der Waals surface area contributed by atoms with E-state index in [1.165, 1.54) is 39.7 Å². The Hall–Kier alpha value is -3.35. The number of rotatable bonds is 5. The minimum absolute atomic E-state index is 0.00632. The fourth-order valence-electron chi connectivity index (χ4n) is 3.55. The average Bonchev–Trinajstić information content (AvgIpc) is 3.34. The van der Waals surface area contributed by atoms with Gasteiger partial charge in [-0.05, 0) is 31.0 Å². The largest absolute Gasteiger partial charge is 0.434 e. The number of hydrogen-bond acceptors (Lipinski definition) is 5. The lowest BCUT2D eigenvalue weighted by atomic mass is 10.0. The first-order chi connectivity index (χ1) is 16.2. The van der Waals surface area contributed by atoms with E-state index >= 15 is 0 Å². The Labute approximate surface area is 199 Å². The molecule has 0 saturated heterocycles. The van der Waals surface area contributed by atoms with Gasteiger partial charge in [-0.1, -0.05) is 24.3 Å². The standard InChI is InChI=1S/C21H18ClF6N7/c1-10(2)35-9-14(20(23,24)25)30-18(35)12-6-4-11(5-7-12)16(21(26,27)28)31-17-15-13(8-34(3)33-15)29-19(22)32-17/h4-10,16H,1-3H3,(H,29,31,32). The molecule has 1 unspecified atom stereocenters. The van der Waals surface area contributed by atoms with Gasteiger partial charge in [0.1, 0.15) is 17.4 Å². The predicted molar refractivity (Wildman–Crippen MR) is 117 cm³/mol. The van der Waals surface area contributed by atoms with E-state index in [4.69, 9.17) is 11.6 Å². The number of benzene rings is 1. The van der Waals surface area contributed by atoms with E-state index in [1.807, 2.05) is 0 Å². The molecule has 0 fully saturated rings. The van der Waals surface area contributed by atoms with Gasteiger partial charge < -0.3 is 9.88 Å². The molecule has 0 spiro atoms. The zero-order valence-corrected chi connectivity index (χ0v) is 19.2. The molecule has 0 aliphatic rings. The third kappa shape index (κ3) is 5.04. The molecule has 7 nitrogen and oxygen atoms in total. The van der Waals surface area contributed by atoms with Crippen LogP contribution in [0.5, 0.6) is 0 Å². The Bertz CT molecular complexity index is 1360. The SMILES string of the molecule is CC(C)n1cc(C(F)(F)F)nc1-c1ccc(C(Nc2nc(Cl)nc3cn(C)nc23)C(F)(F)F)cc1. The van der Waals surface area contributed by atoms with Crippen LogP contribution in [0.25, 0.3) is 22.4 Å². The highest BCUT2D eigenvalue weighted by atomic mass is 35.5. The maximum atomic E-state index is 14.0. The zero-order valence-electron chi connectivity index (χ0n) is 18.4. The van der Waals surface area contributed by atoms with Crippen LogP contribution in [0.4, 0.5) is 32.2 Å². The Kier molecular flexibility index (Phi) is 6.16. The summed E-state index contributed by atoms with van der Waals surface area (Å²) in [5.74, 6) is -0.217. The molecule has 0 amide bonds. The van der Waals surface area contributed by atoms with E-state index in [-0.39, 0.29) is 45.1 Å². The third-order valence-electron chi connectivity index (χ3n) is 5.14.